The quantitative estimate of drug-likeness (QED) is 0.631. The van der Waals surface area contributed by atoms with Crippen molar-refractivity contribution in [3.05, 3.63) is 65.0 Å². The first kappa shape index (κ1) is 23.4. The molecule has 2 aromatic rings. The second kappa shape index (κ2) is 10.4. The Morgan fingerprint density at radius 2 is 1.55 bits per heavy atom. The molecule has 0 atom stereocenters. The van der Waals surface area contributed by atoms with Gasteiger partial charge in [0.1, 0.15) is 5.82 Å². The number of rotatable bonds is 6. The molecule has 0 saturated carbocycles. The summed E-state index contributed by atoms with van der Waals surface area (Å²) in [5, 5.41) is 0. The minimum Gasteiger partial charge on any atom is -0.367 e. The number of halogens is 1. The molecule has 1 amide bonds. The summed E-state index contributed by atoms with van der Waals surface area (Å²) in [6.07, 6.45) is 0. The summed E-state index contributed by atoms with van der Waals surface area (Å²) in [4.78, 5) is 32.8. The molecule has 4 rings (SSSR count). The normalized spacial score (nSPS) is 17.9. The van der Waals surface area contributed by atoms with Crippen molar-refractivity contribution in [1.82, 2.24) is 14.7 Å². The molecule has 2 heterocycles. The van der Waals surface area contributed by atoms with Gasteiger partial charge in [0.05, 0.1) is 12.2 Å². The fourth-order valence-corrected chi connectivity index (χ4v) is 4.60. The molecule has 0 bridgehead atoms. The number of Topliss-reactive ketones (excluding diaryl/α,β-unsaturated/α-hetero) is 1. The maximum absolute atomic E-state index is 14.5. The molecule has 2 aromatic carbocycles. The topological polar surface area (TPSA) is 47.1 Å². The Bertz CT molecular complexity index is 996. The molecule has 33 heavy (non-hydrogen) atoms. The van der Waals surface area contributed by atoms with Gasteiger partial charge in [-0.05, 0) is 43.2 Å². The zero-order valence-corrected chi connectivity index (χ0v) is 19.6. The van der Waals surface area contributed by atoms with Gasteiger partial charge in [-0.3, -0.25) is 19.4 Å². The molecule has 2 saturated heterocycles. The van der Waals surface area contributed by atoms with Crippen LogP contribution in [0.1, 0.15) is 28.4 Å². The highest BCUT2D eigenvalue weighted by atomic mass is 19.1. The molecule has 0 spiro atoms. The third-order valence-electron chi connectivity index (χ3n) is 6.81. The summed E-state index contributed by atoms with van der Waals surface area (Å²) < 4.78 is 14.5. The number of carbonyl (C=O) groups excluding carboxylic acids is 2. The van der Waals surface area contributed by atoms with Crippen LogP contribution in [0.15, 0.2) is 42.5 Å². The van der Waals surface area contributed by atoms with Gasteiger partial charge in [-0.1, -0.05) is 24.3 Å². The number of carbonyl (C=O) groups is 2. The van der Waals surface area contributed by atoms with E-state index in [-0.39, 0.29) is 17.5 Å². The van der Waals surface area contributed by atoms with Crippen LogP contribution in [0, 0.1) is 12.7 Å². The van der Waals surface area contributed by atoms with E-state index >= 15 is 0 Å². The number of hydrogen-bond acceptors (Lipinski definition) is 5. The van der Waals surface area contributed by atoms with Crippen molar-refractivity contribution in [3.8, 4) is 0 Å². The largest absolute Gasteiger partial charge is 0.367 e. The zero-order chi connectivity index (χ0) is 23.4. The van der Waals surface area contributed by atoms with Gasteiger partial charge in [0.15, 0.2) is 5.78 Å². The van der Waals surface area contributed by atoms with E-state index in [0.717, 1.165) is 32.7 Å². The van der Waals surface area contributed by atoms with Gasteiger partial charge < -0.3 is 9.80 Å². The van der Waals surface area contributed by atoms with E-state index in [4.69, 9.17) is 0 Å². The maximum atomic E-state index is 14.5. The van der Waals surface area contributed by atoms with Crippen molar-refractivity contribution < 1.29 is 14.0 Å². The first-order valence-electron chi connectivity index (χ1n) is 11.7. The Hall–Kier alpha value is -2.77. The number of ketones is 1. The molecule has 7 heteroatoms. The first-order valence-corrected chi connectivity index (χ1v) is 11.7. The molecule has 0 N–H and O–H groups in total. The number of aryl methyl sites for hydroxylation is 1. The zero-order valence-electron chi connectivity index (χ0n) is 19.6. The fourth-order valence-electron chi connectivity index (χ4n) is 4.60. The van der Waals surface area contributed by atoms with Gasteiger partial charge in [-0.25, -0.2) is 4.39 Å². The Morgan fingerprint density at radius 1 is 0.879 bits per heavy atom. The lowest BCUT2D eigenvalue weighted by Gasteiger charge is -2.38. The molecule has 2 aliphatic rings. The highest BCUT2D eigenvalue weighted by Crippen LogP contribution is 2.22. The van der Waals surface area contributed by atoms with Crippen LogP contribution >= 0.6 is 0 Å². The standard InChI is InChI=1S/C26H33FN4O2/c1-20-5-3-4-6-23(20)18-28-11-15-31(16-12-28)26(33)19-29-9-13-30(14-10-29)25-8-7-22(21(2)32)17-24(25)27/h3-8,17H,9-16,18-19H2,1-2H3. The van der Waals surface area contributed by atoms with E-state index in [2.05, 4.69) is 41.0 Å². The minimum atomic E-state index is -0.365. The Balaban J connectivity index is 1.22. The van der Waals surface area contributed by atoms with E-state index in [1.54, 1.807) is 12.1 Å². The van der Waals surface area contributed by atoms with E-state index in [9.17, 15) is 14.0 Å². The van der Waals surface area contributed by atoms with Crippen LogP contribution in [0.3, 0.4) is 0 Å². The van der Waals surface area contributed by atoms with Gasteiger partial charge >= 0.3 is 0 Å². The summed E-state index contributed by atoms with van der Waals surface area (Å²) in [6.45, 7) is 11.0. The third-order valence-corrected chi connectivity index (χ3v) is 6.81. The number of amides is 1. The number of hydrogen-bond donors (Lipinski definition) is 0. The summed E-state index contributed by atoms with van der Waals surface area (Å²) in [5.41, 5.74) is 3.57. The smallest absolute Gasteiger partial charge is 0.236 e. The van der Waals surface area contributed by atoms with Crippen molar-refractivity contribution in [1.29, 1.82) is 0 Å². The number of nitrogens with zero attached hydrogens (tertiary/aromatic N) is 4. The van der Waals surface area contributed by atoms with Crippen molar-refractivity contribution in [2.45, 2.75) is 20.4 Å². The van der Waals surface area contributed by atoms with Crippen LogP contribution in [0.25, 0.3) is 0 Å². The molecule has 2 aliphatic heterocycles. The number of benzene rings is 2. The monoisotopic (exact) mass is 452 g/mol. The third kappa shape index (κ3) is 5.78. The molecule has 0 aromatic heterocycles. The molecular formula is C26H33FN4O2. The molecule has 0 radical (unpaired) electrons. The summed E-state index contributed by atoms with van der Waals surface area (Å²) >= 11 is 0. The predicted octanol–water partition coefficient (Wildman–Crippen LogP) is 2.80. The Morgan fingerprint density at radius 3 is 2.18 bits per heavy atom. The minimum absolute atomic E-state index is 0.139. The average molecular weight is 453 g/mol. The van der Waals surface area contributed by atoms with Crippen molar-refractivity contribution in [2.24, 2.45) is 0 Å². The fraction of sp³-hybridized carbons (Fsp3) is 0.462. The molecule has 0 unspecified atom stereocenters. The van der Waals surface area contributed by atoms with E-state index in [1.807, 2.05) is 9.80 Å². The highest BCUT2D eigenvalue weighted by Gasteiger charge is 2.26. The van der Waals surface area contributed by atoms with Crippen LogP contribution < -0.4 is 4.90 Å². The lowest BCUT2D eigenvalue weighted by Crippen LogP contribution is -2.53. The molecule has 0 aliphatic carbocycles. The average Bonchev–Trinajstić information content (AvgIpc) is 2.81. The van der Waals surface area contributed by atoms with Gasteiger partial charge in [0.2, 0.25) is 5.91 Å². The second-order valence-corrected chi connectivity index (χ2v) is 9.07. The van der Waals surface area contributed by atoms with Gasteiger partial charge in [-0.15, -0.1) is 0 Å². The first-order chi connectivity index (χ1) is 15.9. The SMILES string of the molecule is CC(=O)c1ccc(N2CCN(CC(=O)N3CCN(Cc4ccccc4C)CC3)CC2)c(F)c1. The lowest BCUT2D eigenvalue weighted by molar-refractivity contribution is -0.134. The van der Waals surface area contributed by atoms with Gasteiger partial charge in [0.25, 0.3) is 0 Å². The van der Waals surface area contributed by atoms with Crippen LogP contribution in [0.5, 0.6) is 0 Å². The summed E-state index contributed by atoms with van der Waals surface area (Å²) in [7, 11) is 0. The molecule has 176 valence electrons. The molecule has 2 fully saturated rings. The maximum Gasteiger partial charge on any atom is 0.236 e. The van der Waals surface area contributed by atoms with Crippen LogP contribution in [0.2, 0.25) is 0 Å². The predicted molar refractivity (Wildman–Crippen MR) is 128 cm³/mol. The highest BCUT2D eigenvalue weighted by molar-refractivity contribution is 5.94. The van der Waals surface area contributed by atoms with Gasteiger partial charge in [-0.2, -0.15) is 0 Å². The van der Waals surface area contributed by atoms with Gasteiger partial charge in [0, 0.05) is 64.5 Å². The number of anilines is 1. The number of piperazine rings is 2. The van der Waals surface area contributed by atoms with Crippen molar-refractivity contribution >= 4 is 17.4 Å². The second-order valence-electron chi connectivity index (χ2n) is 9.07. The van der Waals surface area contributed by atoms with E-state index in [1.165, 1.54) is 24.1 Å². The van der Waals surface area contributed by atoms with Crippen LogP contribution in [0.4, 0.5) is 10.1 Å². The van der Waals surface area contributed by atoms with Crippen LogP contribution in [-0.2, 0) is 11.3 Å². The van der Waals surface area contributed by atoms with E-state index in [0.29, 0.717) is 44.0 Å². The Labute approximate surface area is 195 Å². The molecule has 6 nitrogen and oxygen atoms in total. The van der Waals surface area contributed by atoms with Crippen molar-refractivity contribution in [2.75, 3.05) is 63.8 Å². The Kier molecular flexibility index (Phi) is 7.40. The molecular weight excluding hydrogens is 419 g/mol. The summed E-state index contributed by atoms with van der Waals surface area (Å²) in [6, 6.07) is 13.1. The van der Waals surface area contributed by atoms with Crippen LogP contribution in [-0.4, -0.2) is 85.3 Å². The lowest BCUT2D eigenvalue weighted by atomic mass is 10.1. The van der Waals surface area contributed by atoms with E-state index < -0.39 is 0 Å². The summed E-state index contributed by atoms with van der Waals surface area (Å²) in [5.74, 6) is -0.327. The van der Waals surface area contributed by atoms with Crippen molar-refractivity contribution in [3.63, 3.8) is 0 Å².